The van der Waals surface area contributed by atoms with Gasteiger partial charge in [-0.15, -0.1) is 0 Å². The van der Waals surface area contributed by atoms with E-state index in [2.05, 4.69) is 20.8 Å². The molecule has 5 heteroatoms. The van der Waals surface area contributed by atoms with Gasteiger partial charge in [0, 0.05) is 24.2 Å². The lowest BCUT2D eigenvalue weighted by atomic mass is 9.43. The predicted octanol–water partition coefficient (Wildman–Crippen LogP) is 3.75. The minimum atomic E-state index is -0.410. The number of aliphatic hydroxyl groups is 2. The number of rotatable bonds is 4. The van der Waals surface area contributed by atoms with Crippen LogP contribution in [-0.4, -0.2) is 41.3 Å². The third-order valence-corrected chi connectivity index (χ3v) is 10.3. The molecule has 4 aliphatic rings. The van der Waals surface area contributed by atoms with E-state index < -0.39 is 6.10 Å². The molecule has 4 rings (SSSR count). The van der Waals surface area contributed by atoms with Gasteiger partial charge in [-0.25, -0.2) is 0 Å². The Balaban J connectivity index is 1.59. The van der Waals surface area contributed by atoms with Crippen LogP contribution < -0.4 is 0 Å². The first-order valence-electron chi connectivity index (χ1n) is 12.1. The quantitative estimate of drug-likeness (QED) is 0.677. The Kier molecular flexibility index (Phi) is 5.85. The highest BCUT2D eigenvalue weighted by molar-refractivity contribution is 5.83. The third kappa shape index (κ3) is 3.26. The van der Waals surface area contributed by atoms with Gasteiger partial charge in [0.2, 0.25) is 0 Å². The lowest BCUT2D eigenvalue weighted by Crippen LogP contribution is -2.61. The van der Waals surface area contributed by atoms with Gasteiger partial charge in [0.1, 0.15) is 5.78 Å². The molecule has 0 aromatic rings. The zero-order valence-electron chi connectivity index (χ0n) is 19.1. The van der Waals surface area contributed by atoms with Crippen molar-refractivity contribution in [2.24, 2.45) is 46.3 Å². The molecule has 4 fully saturated rings. The highest BCUT2D eigenvalue weighted by Crippen LogP contribution is 2.67. The Bertz CT molecular complexity index is 691. The van der Waals surface area contributed by atoms with Crippen LogP contribution in [0.25, 0.3) is 0 Å². The van der Waals surface area contributed by atoms with Crippen molar-refractivity contribution in [2.45, 2.75) is 90.8 Å². The molecule has 0 unspecified atom stereocenters. The van der Waals surface area contributed by atoms with E-state index in [1.807, 2.05) is 0 Å². The molecule has 10 atom stereocenters. The Morgan fingerprint density at radius 1 is 1.17 bits per heavy atom. The molecule has 0 saturated heterocycles. The summed E-state index contributed by atoms with van der Waals surface area (Å²) in [6.45, 7) is 6.74. The van der Waals surface area contributed by atoms with Crippen LogP contribution in [0.1, 0.15) is 78.6 Å². The first-order chi connectivity index (χ1) is 14.1. The van der Waals surface area contributed by atoms with E-state index in [1.54, 1.807) is 0 Å². The Labute approximate surface area is 180 Å². The van der Waals surface area contributed by atoms with Crippen molar-refractivity contribution < 1.29 is 24.5 Å². The van der Waals surface area contributed by atoms with Crippen LogP contribution in [0.2, 0.25) is 0 Å². The molecule has 0 aromatic carbocycles. The molecule has 30 heavy (non-hydrogen) atoms. The Morgan fingerprint density at radius 3 is 2.60 bits per heavy atom. The molecule has 0 aromatic heterocycles. The van der Waals surface area contributed by atoms with E-state index >= 15 is 0 Å². The highest BCUT2D eigenvalue weighted by Gasteiger charge is 2.65. The fraction of sp³-hybridized carbons (Fsp3) is 0.920. The van der Waals surface area contributed by atoms with Crippen LogP contribution >= 0.6 is 0 Å². The zero-order chi connectivity index (χ0) is 21.8. The zero-order valence-corrected chi connectivity index (χ0v) is 19.1. The number of aliphatic hydroxyl groups excluding tert-OH is 2. The number of carbonyl (C=O) groups is 2. The van der Waals surface area contributed by atoms with Crippen molar-refractivity contribution in [2.75, 3.05) is 7.11 Å². The second-order valence-corrected chi connectivity index (χ2v) is 11.4. The summed E-state index contributed by atoms with van der Waals surface area (Å²) in [7, 11) is 1.43. The topological polar surface area (TPSA) is 83.8 Å². The molecule has 0 radical (unpaired) electrons. The van der Waals surface area contributed by atoms with E-state index in [1.165, 1.54) is 7.11 Å². The fourth-order valence-electron chi connectivity index (χ4n) is 8.49. The van der Waals surface area contributed by atoms with Gasteiger partial charge >= 0.3 is 5.97 Å². The third-order valence-electron chi connectivity index (χ3n) is 10.3. The average molecular weight is 421 g/mol. The number of ketones is 1. The van der Waals surface area contributed by atoms with Gasteiger partial charge in [-0.3, -0.25) is 9.59 Å². The van der Waals surface area contributed by atoms with E-state index in [0.717, 1.165) is 38.5 Å². The summed E-state index contributed by atoms with van der Waals surface area (Å²) < 4.78 is 4.82. The van der Waals surface area contributed by atoms with Crippen LogP contribution in [0, 0.1) is 46.3 Å². The number of ether oxygens (including phenoxy) is 1. The minimum Gasteiger partial charge on any atom is -0.469 e. The van der Waals surface area contributed by atoms with E-state index in [9.17, 15) is 19.8 Å². The predicted molar refractivity (Wildman–Crippen MR) is 113 cm³/mol. The molecule has 170 valence electrons. The van der Waals surface area contributed by atoms with E-state index in [4.69, 9.17) is 4.74 Å². The summed E-state index contributed by atoms with van der Waals surface area (Å²) in [4.78, 5) is 25.1. The minimum absolute atomic E-state index is 0.0488. The van der Waals surface area contributed by atoms with Gasteiger partial charge in [-0.05, 0) is 80.0 Å². The molecule has 0 spiro atoms. The molecule has 4 aliphatic carbocycles. The second-order valence-electron chi connectivity index (χ2n) is 11.4. The van der Waals surface area contributed by atoms with Gasteiger partial charge in [0.15, 0.2) is 0 Å². The number of carbonyl (C=O) groups excluding carboxylic acids is 2. The lowest BCUT2D eigenvalue weighted by molar-refractivity contribution is -0.182. The Hall–Kier alpha value is -0.940. The number of fused-ring (bicyclic) bond motifs is 5. The van der Waals surface area contributed by atoms with Crippen LogP contribution in [0.4, 0.5) is 0 Å². The molecular weight excluding hydrogens is 380 g/mol. The fourth-order valence-corrected chi connectivity index (χ4v) is 8.49. The first kappa shape index (κ1) is 22.3. The van der Waals surface area contributed by atoms with Crippen LogP contribution in [0.5, 0.6) is 0 Å². The maximum Gasteiger partial charge on any atom is 0.305 e. The highest BCUT2D eigenvalue weighted by atomic mass is 16.5. The normalized spacial score (nSPS) is 49.0. The molecule has 4 saturated carbocycles. The number of hydrogen-bond acceptors (Lipinski definition) is 5. The summed E-state index contributed by atoms with van der Waals surface area (Å²) in [5.41, 5.74) is -0.210. The number of Topliss-reactive ketones (excluding diaryl/α,β-unsaturated/α-hetero) is 1. The summed E-state index contributed by atoms with van der Waals surface area (Å²) in [5, 5.41) is 21.7. The maximum atomic E-state index is 13.4. The van der Waals surface area contributed by atoms with Crippen molar-refractivity contribution in [3.8, 4) is 0 Å². The van der Waals surface area contributed by atoms with Crippen molar-refractivity contribution >= 4 is 11.8 Å². The smallest absolute Gasteiger partial charge is 0.305 e. The van der Waals surface area contributed by atoms with E-state index in [0.29, 0.717) is 36.9 Å². The van der Waals surface area contributed by atoms with Gasteiger partial charge in [-0.2, -0.15) is 0 Å². The van der Waals surface area contributed by atoms with Crippen LogP contribution in [0.3, 0.4) is 0 Å². The molecule has 5 nitrogen and oxygen atoms in total. The summed E-state index contributed by atoms with van der Waals surface area (Å²) >= 11 is 0. The van der Waals surface area contributed by atoms with E-state index in [-0.39, 0.29) is 46.6 Å². The molecule has 0 bridgehead atoms. The lowest BCUT2D eigenvalue weighted by Gasteiger charge is -2.61. The van der Waals surface area contributed by atoms with Gasteiger partial charge in [-0.1, -0.05) is 20.8 Å². The second kappa shape index (κ2) is 7.88. The largest absolute Gasteiger partial charge is 0.469 e. The summed E-state index contributed by atoms with van der Waals surface area (Å²) in [6.07, 6.45) is 6.32. The monoisotopic (exact) mass is 420 g/mol. The van der Waals surface area contributed by atoms with Crippen LogP contribution in [0.15, 0.2) is 0 Å². The van der Waals surface area contributed by atoms with Crippen molar-refractivity contribution in [1.29, 1.82) is 0 Å². The van der Waals surface area contributed by atoms with Crippen LogP contribution in [-0.2, 0) is 14.3 Å². The van der Waals surface area contributed by atoms with Gasteiger partial charge in [0.25, 0.3) is 0 Å². The standard InChI is InChI=1S/C25H40O5/c1-14(5-8-22(29)30-4)17-6-7-18-23-19(13-21(28)25(17,18)3)24(2)10-9-16(26)11-15(24)12-20(23)27/h14-19,21,23,26,28H,5-13H2,1-4H3/t14-,15-,16+,17-,18+,19+,21-,23-,24-,25+/m0/s1. The maximum absolute atomic E-state index is 13.4. The molecule has 2 N–H and O–H groups in total. The van der Waals surface area contributed by atoms with Crippen molar-refractivity contribution in [3.63, 3.8) is 0 Å². The first-order valence-corrected chi connectivity index (χ1v) is 12.1. The average Bonchev–Trinajstić information content (AvgIpc) is 3.06. The summed E-state index contributed by atoms with van der Waals surface area (Å²) in [6, 6.07) is 0. The molecular formula is C25H40O5. The number of esters is 1. The van der Waals surface area contributed by atoms with Gasteiger partial charge < -0.3 is 14.9 Å². The molecule has 0 amide bonds. The van der Waals surface area contributed by atoms with Gasteiger partial charge in [0.05, 0.1) is 19.3 Å². The SMILES string of the molecule is COC(=O)CC[C@H](C)[C@@H]1CC[C@@H]2[C@@H]3C(=O)C[C@@H]4C[C@H](O)CC[C@]4(C)[C@@H]3C[C@H](O)[C@@]21C. The van der Waals surface area contributed by atoms with Crippen molar-refractivity contribution in [1.82, 2.24) is 0 Å². The number of hydrogen-bond donors (Lipinski definition) is 2. The van der Waals surface area contributed by atoms with Crippen molar-refractivity contribution in [3.05, 3.63) is 0 Å². The molecule has 0 heterocycles. The Morgan fingerprint density at radius 2 is 1.90 bits per heavy atom. The molecule has 0 aliphatic heterocycles. The summed E-state index contributed by atoms with van der Waals surface area (Å²) in [5.74, 6) is 1.61. The number of methoxy groups -OCH3 is 1.